The second-order valence-corrected chi connectivity index (χ2v) is 8.79. The maximum atomic E-state index is 12.2. The molecule has 0 aliphatic heterocycles. The minimum absolute atomic E-state index is 0.273. The number of nitrogens with zero attached hydrogens (tertiary/aromatic N) is 2. The molecule has 0 atom stereocenters. The number of fused-ring (bicyclic) bond motifs is 1. The number of rotatable bonds is 10. The topological polar surface area (TPSA) is 46.9 Å². The third-order valence-electron chi connectivity index (χ3n) is 6.02. The Morgan fingerprint density at radius 3 is 2.71 bits per heavy atom. The van der Waals surface area contributed by atoms with Gasteiger partial charge in [-0.05, 0) is 50.2 Å². The van der Waals surface area contributed by atoms with Gasteiger partial charge in [0.25, 0.3) is 0 Å². The van der Waals surface area contributed by atoms with E-state index in [1.807, 2.05) is 0 Å². The van der Waals surface area contributed by atoms with Crippen LogP contribution in [0.5, 0.6) is 0 Å². The van der Waals surface area contributed by atoms with Crippen molar-refractivity contribution >= 4 is 16.9 Å². The standard InChI is InChI=1S/C24H37N3O/c1-19(2)16-18-27-22-14-9-8-13-21(22)26-23(27)15-7-4-10-17-25-24(28)20-11-5-3-6-12-20/h8-9,13-14,19-20H,3-7,10-12,15-18H2,1-2H3,(H,25,28). The van der Waals surface area contributed by atoms with Crippen LogP contribution in [0.25, 0.3) is 11.0 Å². The summed E-state index contributed by atoms with van der Waals surface area (Å²) in [5, 5.41) is 3.16. The molecule has 0 spiro atoms. The molecule has 1 aliphatic rings. The van der Waals surface area contributed by atoms with E-state index in [9.17, 15) is 4.79 Å². The van der Waals surface area contributed by atoms with Crippen LogP contribution < -0.4 is 5.32 Å². The van der Waals surface area contributed by atoms with E-state index >= 15 is 0 Å². The Balaban J connectivity index is 1.43. The van der Waals surface area contributed by atoms with Gasteiger partial charge < -0.3 is 9.88 Å². The Morgan fingerprint density at radius 1 is 1.14 bits per heavy atom. The number of benzene rings is 1. The highest BCUT2D eigenvalue weighted by atomic mass is 16.1. The molecular weight excluding hydrogens is 346 g/mol. The van der Waals surface area contributed by atoms with Gasteiger partial charge in [-0.25, -0.2) is 4.98 Å². The zero-order valence-corrected chi connectivity index (χ0v) is 17.8. The summed E-state index contributed by atoms with van der Waals surface area (Å²) in [4.78, 5) is 17.1. The fraction of sp³-hybridized carbons (Fsp3) is 0.667. The van der Waals surface area contributed by atoms with Crippen LogP contribution in [0.1, 0.15) is 77.5 Å². The van der Waals surface area contributed by atoms with Crippen LogP contribution in [0.2, 0.25) is 0 Å². The summed E-state index contributed by atoms with van der Waals surface area (Å²) >= 11 is 0. The number of aromatic nitrogens is 2. The van der Waals surface area contributed by atoms with Crippen LogP contribution in [-0.2, 0) is 17.8 Å². The first-order chi connectivity index (χ1) is 13.6. The Bertz CT molecular complexity index is 743. The molecular formula is C24H37N3O. The molecule has 28 heavy (non-hydrogen) atoms. The molecule has 1 saturated carbocycles. The molecule has 154 valence electrons. The number of hydrogen-bond donors (Lipinski definition) is 1. The molecule has 2 aromatic rings. The molecule has 0 unspecified atom stereocenters. The van der Waals surface area contributed by atoms with E-state index in [-0.39, 0.29) is 11.8 Å². The van der Waals surface area contributed by atoms with Crippen molar-refractivity contribution in [3.05, 3.63) is 30.1 Å². The molecule has 0 bridgehead atoms. The Kier molecular flexibility index (Phi) is 7.93. The number of nitrogens with one attached hydrogen (secondary N) is 1. The van der Waals surface area contributed by atoms with Crippen molar-refractivity contribution in [2.75, 3.05) is 6.54 Å². The van der Waals surface area contributed by atoms with Crippen molar-refractivity contribution in [2.45, 2.75) is 84.6 Å². The largest absolute Gasteiger partial charge is 0.356 e. The molecule has 0 radical (unpaired) electrons. The third-order valence-corrected chi connectivity index (χ3v) is 6.02. The van der Waals surface area contributed by atoms with Gasteiger partial charge in [-0.15, -0.1) is 0 Å². The van der Waals surface area contributed by atoms with Crippen molar-refractivity contribution < 1.29 is 4.79 Å². The molecule has 0 saturated heterocycles. The summed E-state index contributed by atoms with van der Waals surface area (Å²) in [7, 11) is 0. The van der Waals surface area contributed by atoms with Gasteiger partial charge in [0.15, 0.2) is 0 Å². The van der Waals surface area contributed by atoms with Gasteiger partial charge >= 0.3 is 0 Å². The van der Waals surface area contributed by atoms with Gasteiger partial charge in [-0.3, -0.25) is 4.79 Å². The van der Waals surface area contributed by atoms with E-state index in [1.54, 1.807) is 0 Å². The van der Waals surface area contributed by atoms with Crippen LogP contribution >= 0.6 is 0 Å². The maximum Gasteiger partial charge on any atom is 0.223 e. The molecule has 1 fully saturated rings. The van der Waals surface area contributed by atoms with Crippen molar-refractivity contribution in [1.29, 1.82) is 0 Å². The lowest BCUT2D eigenvalue weighted by molar-refractivity contribution is -0.125. The highest BCUT2D eigenvalue weighted by Gasteiger charge is 2.20. The molecule has 1 aromatic carbocycles. The minimum Gasteiger partial charge on any atom is -0.356 e. The Hall–Kier alpha value is -1.84. The van der Waals surface area contributed by atoms with Gasteiger partial charge in [0.05, 0.1) is 11.0 Å². The molecule has 4 nitrogen and oxygen atoms in total. The predicted octanol–water partition coefficient (Wildman–Crippen LogP) is 5.49. The first kappa shape index (κ1) is 20.9. The van der Waals surface area contributed by atoms with E-state index in [0.29, 0.717) is 5.92 Å². The van der Waals surface area contributed by atoms with Gasteiger partial charge in [0, 0.05) is 25.4 Å². The van der Waals surface area contributed by atoms with E-state index in [1.165, 1.54) is 37.0 Å². The molecule has 1 heterocycles. The Labute approximate surface area is 170 Å². The number of carbonyl (C=O) groups is 1. The zero-order valence-electron chi connectivity index (χ0n) is 17.8. The average molecular weight is 384 g/mol. The van der Waals surface area contributed by atoms with Crippen molar-refractivity contribution in [3.63, 3.8) is 0 Å². The second kappa shape index (κ2) is 10.6. The summed E-state index contributed by atoms with van der Waals surface area (Å²) in [5.74, 6) is 2.47. The van der Waals surface area contributed by atoms with Crippen molar-refractivity contribution in [3.8, 4) is 0 Å². The van der Waals surface area contributed by atoms with Crippen LogP contribution in [-0.4, -0.2) is 22.0 Å². The van der Waals surface area contributed by atoms with Gasteiger partial charge in [0.1, 0.15) is 5.82 Å². The summed E-state index contributed by atoms with van der Waals surface area (Å²) in [5.41, 5.74) is 2.37. The first-order valence-electron chi connectivity index (χ1n) is 11.4. The van der Waals surface area contributed by atoms with Gasteiger partial charge in [-0.1, -0.05) is 51.7 Å². The molecule has 1 aliphatic carbocycles. The van der Waals surface area contributed by atoms with Gasteiger partial charge in [-0.2, -0.15) is 0 Å². The smallest absolute Gasteiger partial charge is 0.223 e. The van der Waals surface area contributed by atoms with Gasteiger partial charge in [0.2, 0.25) is 5.91 Å². The lowest BCUT2D eigenvalue weighted by Crippen LogP contribution is -2.32. The lowest BCUT2D eigenvalue weighted by atomic mass is 9.89. The number of imidazole rings is 1. The molecule has 1 amide bonds. The quantitative estimate of drug-likeness (QED) is 0.551. The van der Waals surface area contributed by atoms with Crippen molar-refractivity contribution in [2.24, 2.45) is 11.8 Å². The maximum absolute atomic E-state index is 12.2. The normalized spacial score (nSPS) is 15.4. The zero-order chi connectivity index (χ0) is 19.8. The fourth-order valence-corrected chi connectivity index (χ4v) is 4.26. The summed E-state index contributed by atoms with van der Waals surface area (Å²) in [6, 6.07) is 8.48. The minimum atomic E-state index is 0.273. The molecule has 1 N–H and O–H groups in total. The van der Waals surface area contributed by atoms with Crippen molar-refractivity contribution in [1.82, 2.24) is 14.9 Å². The van der Waals surface area contributed by atoms with Crippen LogP contribution in [0.3, 0.4) is 0 Å². The van der Waals surface area contributed by atoms with Crippen LogP contribution in [0, 0.1) is 11.8 Å². The highest BCUT2D eigenvalue weighted by molar-refractivity contribution is 5.78. The lowest BCUT2D eigenvalue weighted by Gasteiger charge is -2.20. The monoisotopic (exact) mass is 383 g/mol. The number of para-hydroxylation sites is 2. The summed E-state index contributed by atoms with van der Waals surface area (Å²) < 4.78 is 2.42. The first-order valence-corrected chi connectivity index (χ1v) is 11.4. The highest BCUT2D eigenvalue weighted by Crippen LogP contribution is 2.23. The SMILES string of the molecule is CC(C)CCn1c(CCCCCNC(=O)C2CCCCC2)nc2ccccc21. The van der Waals surface area contributed by atoms with E-state index in [4.69, 9.17) is 4.98 Å². The second-order valence-electron chi connectivity index (χ2n) is 8.79. The van der Waals surface area contributed by atoms with Crippen LogP contribution in [0.15, 0.2) is 24.3 Å². The van der Waals surface area contributed by atoms with E-state index in [2.05, 4.69) is 48.0 Å². The number of unbranched alkanes of at least 4 members (excludes halogenated alkanes) is 2. The average Bonchev–Trinajstić information content (AvgIpc) is 3.06. The van der Waals surface area contributed by atoms with Crippen LogP contribution in [0.4, 0.5) is 0 Å². The molecule has 1 aromatic heterocycles. The fourth-order valence-electron chi connectivity index (χ4n) is 4.26. The van der Waals surface area contributed by atoms with E-state index < -0.39 is 0 Å². The third kappa shape index (κ3) is 5.83. The number of aryl methyl sites for hydroxylation is 2. The van der Waals surface area contributed by atoms with E-state index in [0.717, 1.165) is 57.1 Å². The predicted molar refractivity (Wildman–Crippen MR) is 116 cm³/mol. The number of hydrogen-bond acceptors (Lipinski definition) is 2. The number of amides is 1. The summed E-state index contributed by atoms with van der Waals surface area (Å²) in [6.07, 6.45) is 11.4. The summed E-state index contributed by atoms with van der Waals surface area (Å²) in [6.45, 7) is 6.42. The number of carbonyl (C=O) groups excluding carboxylic acids is 1. The molecule has 4 heteroatoms. The molecule has 3 rings (SSSR count). The Morgan fingerprint density at radius 2 is 1.93 bits per heavy atom.